The summed E-state index contributed by atoms with van der Waals surface area (Å²) in [7, 11) is 0. The van der Waals surface area contributed by atoms with Crippen LogP contribution in [0.2, 0.25) is 0 Å². The minimum absolute atomic E-state index is 0.0125. The summed E-state index contributed by atoms with van der Waals surface area (Å²) in [6.07, 6.45) is 6.37. The number of amides is 2. The van der Waals surface area contributed by atoms with E-state index in [9.17, 15) is 9.59 Å². The first-order valence-corrected chi connectivity index (χ1v) is 8.95. The number of hydrogen-bond donors (Lipinski definition) is 0. The summed E-state index contributed by atoms with van der Waals surface area (Å²) in [5.41, 5.74) is 2.91. The fourth-order valence-corrected chi connectivity index (χ4v) is 4.76. The average Bonchev–Trinajstić information content (AvgIpc) is 2.97. The summed E-state index contributed by atoms with van der Waals surface area (Å²) in [5, 5.41) is 0. The highest BCUT2D eigenvalue weighted by Crippen LogP contribution is 2.50. The third-order valence-electron chi connectivity index (χ3n) is 5.99. The summed E-state index contributed by atoms with van der Waals surface area (Å²) < 4.78 is 0. The second-order valence-electron chi connectivity index (χ2n) is 7.27. The summed E-state index contributed by atoms with van der Waals surface area (Å²) in [6.45, 7) is 0. The van der Waals surface area contributed by atoms with Crippen molar-refractivity contribution in [2.24, 2.45) is 23.7 Å². The molecule has 1 aliphatic heterocycles. The van der Waals surface area contributed by atoms with E-state index in [1.165, 1.54) is 4.90 Å². The van der Waals surface area contributed by atoms with E-state index in [-0.39, 0.29) is 35.5 Å². The van der Waals surface area contributed by atoms with E-state index >= 15 is 0 Å². The number of anilines is 1. The van der Waals surface area contributed by atoms with E-state index in [4.69, 9.17) is 0 Å². The van der Waals surface area contributed by atoms with Crippen LogP contribution in [0.3, 0.4) is 0 Å². The Balaban J connectivity index is 1.48. The highest BCUT2D eigenvalue weighted by Gasteiger charge is 2.56. The van der Waals surface area contributed by atoms with Gasteiger partial charge in [0.15, 0.2) is 0 Å². The Kier molecular flexibility index (Phi) is 3.17. The SMILES string of the molecule is O=C1C2C3C=CC(CC3)C2C(=O)N1c1ccc(-c2ccccc2)cc1. The highest BCUT2D eigenvalue weighted by atomic mass is 16.2. The second kappa shape index (κ2) is 5.41. The van der Waals surface area contributed by atoms with Crippen LogP contribution in [-0.4, -0.2) is 11.8 Å². The van der Waals surface area contributed by atoms with Gasteiger partial charge in [-0.3, -0.25) is 14.5 Å². The van der Waals surface area contributed by atoms with Crippen molar-refractivity contribution in [2.75, 3.05) is 4.90 Å². The Bertz CT molecular complexity index is 837. The van der Waals surface area contributed by atoms with Gasteiger partial charge in [0.25, 0.3) is 0 Å². The minimum atomic E-state index is -0.148. The lowest BCUT2D eigenvalue weighted by Gasteiger charge is -2.38. The maximum Gasteiger partial charge on any atom is 0.238 e. The zero-order valence-corrected chi connectivity index (χ0v) is 13.8. The number of imide groups is 1. The number of nitrogens with zero attached hydrogens (tertiary/aromatic N) is 1. The van der Waals surface area contributed by atoms with Crippen molar-refractivity contribution in [1.29, 1.82) is 0 Å². The lowest BCUT2D eigenvalue weighted by molar-refractivity contribution is -0.124. The molecule has 2 bridgehead atoms. The molecule has 2 aromatic rings. The zero-order chi connectivity index (χ0) is 17.0. The summed E-state index contributed by atoms with van der Waals surface area (Å²) in [4.78, 5) is 27.4. The van der Waals surface area contributed by atoms with Crippen molar-refractivity contribution in [1.82, 2.24) is 0 Å². The van der Waals surface area contributed by atoms with E-state index < -0.39 is 0 Å². The molecule has 124 valence electrons. The van der Waals surface area contributed by atoms with E-state index in [2.05, 4.69) is 24.3 Å². The first-order valence-electron chi connectivity index (χ1n) is 8.95. The molecule has 3 aliphatic carbocycles. The largest absolute Gasteiger partial charge is 0.274 e. The normalized spacial score (nSPS) is 30.0. The quantitative estimate of drug-likeness (QED) is 0.615. The van der Waals surface area contributed by atoms with Crippen LogP contribution in [0, 0.1) is 23.7 Å². The summed E-state index contributed by atoms with van der Waals surface area (Å²) in [5.74, 6) is 0.151. The van der Waals surface area contributed by atoms with Crippen LogP contribution in [0.4, 0.5) is 5.69 Å². The fourth-order valence-electron chi connectivity index (χ4n) is 4.76. The molecule has 3 heteroatoms. The lowest BCUT2D eigenvalue weighted by Crippen LogP contribution is -2.38. The van der Waals surface area contributed by atoms with E-state index in [0.29, 0.717) is 5.69 Å². The van der Waals surface area contributed by atoms with Gasteiger partial charge in [-0.05, 0) is 47.9 Å². The number of allylic oxidation sites excluding steroid dienone is 2. The molecule has 2 amide bonds. The van der Waals surface area contributed by atoms with Crippen molar-refractivity contribution in [2.45, 2.75) is 12.8 Å². The van der Waals surface area contributed by atoms with Gasteiger partial charge in [0, 0.05) is 0 Å². The molecule has 4 aliphatic rings. The van der Waals surface area contributed by atoms with Gasteiger partial charge >= 0.3 is 0 Å². The van der Waals surface area contributed by atoms with Crippen LogP contribution < -0.4 is 4.90 Å². The monoisotopic (exact) mass is 329 g/mol. The summed E-state index contributed by atoms with van der Waals surface area (Å²) in [6, 6.07) is 17.9. The van der Waals surface area contributed by atoms with Crippen LogP contribution in [0.25, 0.3) is 11.1 Å². The molecule has 1 heterocycles. The van der Waals surface area contributed by atoms with Crippen molar-refractivity contribution in [3.05, 3.63) is 66.7 Å². The fraction of sp³-hybridized carbons (Fsp3) is 0.273. The third kappa shape index (κ3) is 2.12. The maximum absolute atomic E-state index is 13.0. The molecule has 2 fully saturated rings. The summed E-state index contributed by atoms with van der Waals surface area (Å²) >= 11 is 0. The smallest absolute Gasteiger partial charge is 0.238 e. The van der Waals surface area contributed by atoms with Crippen LogP contribution in [-0.2, 0) is 9.59 Å². The number of benzene rings is 2. The van der Waals surface area contributed by atoms with Gasteiger partial charge in [-0.25, -0.2) is 0 Å². The molecule has 25 heavy (non-hydrogen) atoms. The van der Waals surface area contributed by atoms with Crippen LogP contribution in [0.1, 0.15) is 12.8 Å². The molecule has 3 nitrogen and oxygen atoms in total. The number of fused-ring (bicyclic) bond motifs is 1. The molecule has 0 N–H and O–H groups in total. The number of carbonyl (C=O) groups excluding carboxylic acids is 2. The molecule has 1 saturated heterocycles. The maximum atomic E-state index is 13.0. The lowest BCUT2D eigenvalue weighted by atomic mass is 9.63. The molecule has 4 unspecified atom stereocenters. The predicted octanol–water partition coefficient (Wildman–Crippen LogP) is 4.06. The van der Waals surface area contributed by atoms with Gasteiger partial charge in [0.2, 0.25) is 11.8 Å². The van der Waals surface area contributed by atoms with Crippen molar-refractivity contribution in [3.63, 3.8) is 0 Å². The number of rotatable bonds is 2. The van der Waals surface area contributed by atoms with E-state index in [1.54, 1.807) is 0 Å². The average molecular weight is 329 g/mol. The van der Waals surface area contributed by atoms with Crippen molar-refractivity contribution < 1.29 is 9.59 Å². The molecule has 6 rings (SSSR count). The van der Waals surface area contributed by atoms with Gasteiger partial charge in [-0.15, -0.1) is 0 Å². The molecule has 0 spiro atoms. The Morgan fingerprint density at radius 3 is 1.72 bits per heavy atom. The molecule has 0 radical (unpaired) electrons. The molecule has 1 saturated carbocycles. The second-order valence-corrected chi connectivity index (χ2v) is 7.27. The van der Waals surface area contributed by atoms with Gasteiger partial charge in [0.1, 0.15) is 0 Å². The van der Waals surface area contributed by atoms with Gasteiger partial charge in [-0.2, -0.15) is 0 Å². The molecular weight excluding hydrogens is 310 g/mol. The van der Waals surface area contributed by atoms with Crippen molar-refractivity contribution >= 4 is 17.5 Å². The molecule has 0 aromatic heterocycles. The van der Waals surface area contributed by atoms with Crippen LogP contribution >= 0.6 is 0 Å². The third-order valence-corrected chi connectivity index (χ3v) is 5.99. The van der Waals surface area contributed by atoms with E-state index in [0.717, 1.165) is 24.0 Å². The highest BCUT2D eigenvalue weighted by molar-refractivity contribution is 6.22. The molecular formula is C22H19NO2. The van der Waals surface area contributed by atoms with Gasteiger partial charge < -0.3 is 0 Å². The van der Waals surface area contributed by atoms with Crippen LogP contribution in [0.15, 0.2) is 66.7 Å². The van der Waals surface area contributed by atoms with Crippen molar-refractivity contribution in [3.8, 4) is 11.1 Å². The number of carbonyl (C=O) groups is 2. The van der Waals surface area contributed by atoms with Gasteiger partial charge in [0.05, 0.1) is 17.5 Å². The Hall–Kier alpha value is -2.68. The van der Waals surface area contributed by atoms with Gasteiger partial charge in [-0.1, -0.05) is 54.6 Å². The number of hydrogen-bond acceptors (Lipinski definition) is 2. The Labute approximate surface area is 147 Å². The molecule has 2 aromatic carbocycles. The molecule has 4 atom stereocenters. The predicted molar refractivity (Wildman–Crippen MR) is 96.7 cm³/mol. The van der Waals surface area contributed by atoms with Crippen LogP contribution in [0.5, 0.6) is 0 Å². The van der Waals surface area contributed by atoms with E-state index in [1.807, 2.05) is 42.5 Å². The topological polar surface area (TPSA) is 37.4 Å². The zero-order valence-electron chi connectivity index (χ0n) is 13.8. The Morgan fingerprint density at radius 1 is 0.680 bits per heavy atom. The first kappa shape index (κ1) is 14.6. The first-order chi connectivity index (χ1) is 12.2. The standard InChI is InChI=1S/C22H19NO2/c24-21-19-16-6-7-17(9-8-16)20(19)22(25)23(21)18-12-10-15(11-13-18)14-4-2-1-3-5-14/h1-7,10-13,16-17,19-20H,8-9H2. The Morgan fingerprint density at radius 2 is 1.20 bits per heavy atom. The minimum Gasteiger partial charge on any atom is -0.274 e.